The van der Waals surface area contributed by atoms with Crippen molar-refractivity contribution in [3.05, 3.63) is 22.5 Å². The maximum atomic E-state index is 12.1. The molecule has 18 heavy (non-hydrogen) atoms. The zero-order valence-corrected chi connectivity index (χ0v) is 10.7. The van der Waals surface area contributed by atoms with Crippen LogP contribution in [-0.2, 0) is 12.8 Å². The van der Waals surface area contributed by atoms with Crippen molar-refractivity contribution in [3.8, 4) is 0 Å². The van der Waals surface area contributed by atoms with Crippen molar-refractivity contribution in [3.63, 3.8) is 0 Å². The highest BCUT2D eigenvalue weighted by Gasteiger charge is 2.26. The Morgan fingerprint density at radius 2 is 2.06 bits per heavy atom. The lowest BCUT2D eigenvalue weighted by Gasteiger charge is -2.02. The predicted octanol–water partition coefficient (Wildman–Crippen LogP) is 2.96. The third-order valence-electron chi connectivity index (χ3n) is 3.53. The van der Waals surface area contributed by atoms with E-state index >= 15 is 0 Å². The zero-order valence-electron chi connectivity index (χ0n) is 10.7. The molecule has 1 heterocycles. The van der Waals surface area contributed by atoms with Gasteiger partial charge in [0.05, 0.1) is 0 Å². The number of fused-ring (bicyclic) bond motifs is 1. The molecule has 1 aliphatic carbocycles. The predicted molar refractivity (Wildman–Crippen MR) is 68.2 cm³/mol. The topological polar surface area (TPSA) is 70.2 Å². The van der Waals surface area contributed by atoms with Gasteiger partial charge in [0.1, 0.15) is 5.69 Å². The largest absolute Gasteiger partial charge is 0.477 e. The van der Waals surface area contributed by atoms with Crippen molar-refractivity contribution >= 4 is 11.8 Å². The van der Waals surface area contributed by atoms with Gasteiger partial charge >= 0.3 is 5.97 Å². The first-order valence-corrected chi connectivity index (χ1v) is 6.65. The van der Waals surface area contributed by atoms with Crippen LogP contribution in [0.3, 0.4) is 0 Å². The molecule has 0 saturated heterocycles. The summed E-state index contributed by atoms with van der Waals surface area (Å²) >= 11 is 0. The number of Topliss-reactive ketones (excluding diaryl/α,β-unsaturated/α-hetero) is 1. The number of rotatable bonds is 4. The Balaban J connectivity index is 2.47. The first kappa shape index (κ1) is 12.9. The minimum Gasteiger partial charge on any atom is -0.477 e. The van der Waals surface area contributed by atoms with Crippen LogP contribution in [0, 0.1) is 0 Å². The minimum atomic E-state index is -0.955. The standard InChI is InChI=1S/C14H19NO3/c1-2-3-7-10-12-9(13(15-10)14(17)18)6-4-5-8-11(12)16/h15H,2-8H2,1H3,(H,17,18). The smallest absolute Gasteiger partial charge is 0.352 e. The molecular formula is C14H19NO3. The first-order chi connectivity index (χ1) is 8.65. The van der Waals surface area contributed by atoms with E-state index in [1.807, 2.05) is 0 Å². The normalized spacial score (nSPS) is 15.3. The van der Waals surface area contributed by atoms with E-state index in [0.29, 0.717) is 18.4 Å². The fourth-order valence-electron chi connectivity index (χ4n) is 2.62. The molecule has 2 N–H and O–H groups in total. The molecule has 1 aromatic heterocycles. The van der Waals surface area contributed by atoms with Crippen molar-refractivity contribution in [2.24, 2.45) is 0 Å². The number of nitrogens with one attached hydrogen (secondary N) is 1. The number of unbranched alkanes of at least 4 members (excludes halogenated alkanes) is 1. The number of carbonyl (C=O) groups is 2. The number of hydrogen-bond acceptors (Lipinski definition) is 2. The monoisotopic (exact) mass is 249 g/mol. The van der Waals surface area contributed by atoms with Crippen molar-refractivity contribution in [2.45, 2.75) is 51.9 Å². The number of aromatic amines is 1. The Hall–Kier alpha value is -1.58. The molecule has 0 bridgehead atoms. The molecule has 0 spiro atoms. The number of carboxylic acids is 1. The molecule has 0 unspecified atom stereocenters. The van der Waals surface area contributed by atoms with Crippen LogP contribution in [0.1, 0.15) is 71.1 Å². The summed E-state index contributed by atoms with van der Waals surface area (Å²) in [5.74, 6) is -0.846. The van der Waals surface area contributed by atoms with E-state index in [1.165, 1.54) is 0 Å². The second-order valence-electron chi connectivity index (χ2n) is 4.87. The summed E-state index contributed by atoms with van der Waals surface area (Å²) in [7, 11) is 0. The van der Waals surface area contributed by atoms with Gasteiger partial charge in [0.25, 0.3) is 0 Å². The maximum Gasteiger partial charge on any atom is 0.352 e. The molecule has 0 fully saturated rings. The molecule has 4 heteroatoms. The van der Waals surface area contributed by atoms with Gasteiger partial charge in [-0.3, -0.25) is 4.79 Å². The van der Waals surface area contributed by atoms with Crippen molar-refractivity contribution < 1.29 is 14.7 Å². The summed E-state index contributed by atoms with van der Waals surface area (Å²) in [6.07, 6.45) is 5.76. The molecule has 0 saturated carbocycles. The molecule has 2 rings (SSSR count). The van der Waals surface area contributed by atoms with Crippen LogP contribution in [0.25, 0.3) is 0 Å². The number of H-pyrrole nitrogens is 1. The lowest BCUT2D eigenvalue weighted by Crippen LogP contribution is -2.03. The Kier molecular flexibility index (Phi) is 3.84. The first-order valence-electron chi connectivity index (χ1n) is 6.65. The number of aromatic carboxylic acids is 1. The highest BCUT2D eigenvalue weighted by atomic mass is 16.4. The highest BCUT2D eigenvalue weighted by Crippen LogP contribution is 2.28. The van der Waals surface area contributed by atoms with Crippen LogP contribution in [0.2, 0.25) is 0 Å². The summed E-state index contributed by atoms with van der Waals surface area (Å²) in [5.41, 5.74) is 2.47. The van der Waals surface area contributed by atoms with Crippen LogP contribution in [0.5, 0.6) is 0 Å². The van der Waals surface area contributed by atoms with Crippen molar-refractivity contribution in [2.75, 3.05) is 0 Å². The number of ketones is 1. The number of carboxylic acid groups (broad SMARTS) is 1. The van der Waals surface area contributed by atoms with E-state index < -0.39 is 5.97 Å². The SMILES string of the molecule is CCCCc1[nH]c(C(=O)O)c2c1C(=O)CCCC2. The zero-order chi connectivity index (χ0) is 13.1. The highest BCUT2D eigenvalue weighted by molar-refractivity contribution is 6.02. The molecule has 0 amide bonds. The Morgan fingerprint density at radius 3 is 2.72 bits per heavy atom. The number of aryl methyl sites for hydroxylation is 1. The molecule has 1 aliphatic rings. The fourth-order valence-corrected chi connectivity index (χ4v) is 2.62. The average Bonchev–Trinajstić information content (AvgIpc) is 2.60. The van der Waals surface area contributed by atoms with Gasteiger partial charge < -0.3 is 10.1 Å². The molecular weight excluding hydrogens is 230 g/mol. The summed E-state index contributed by atoms with van der Waals surface area (Å²) < 4.78 is 0. The summed E-state index contributed by atoms with van der Waals surface area (Å²) in [4.78, 5) is 26.3. The fraction of sp³-hybridized carbons (Fsp3) is 0.571. The molecule has 4 nitrogen and oxygen atoms in total. The average molecular weight is 249 g/mol. The van der Waals surface area contributed by atoms with Crippen LogP contribution in [0.15, 0.2) is 0 Å². The minimum absolute atomic E-state index is 0.109. The second-order valence-corrected chi connectivity index (χ2v) is 4.87. The Morgan fingerprint density at radius 1 is 1.33 bits per heavy atom. The van der Waals surface area contributed by atoms with E-state index in [0.717, 1.165) is 43.4 Å². The molecule has 0 atom stereocenters. The van der Waals surface area contributed by atoms with Gasteiger partial charge in [-0.05, 0) is 37.7 Å². The van der Waals surface area contributed by atoms with Crippen LogP contribution in [0.4, 0.5) is 0 Å². The van der Waals surface area contributed by atoms with Crippen LogP contribution >= 0.6 is 0 Å². The molecule has 0 radical (unpaired) electrons. The van der Waals surface area contributed by atoms with E-state index in [-0.39, 0.29) is 11.5 Å². The van der Waals surface area contributed by atoms with Crippen LogP contribution < -0.4 is 0 Å². The molecule has 1 aromatic rings. The van der Waals surface area contributed by atoms with Gasteiger partial charge in [-0.15, -0.1) is 0 Å². The van der Waals surface area contributed by atoms with Crippen LogP contribution in [-0.4, -0.2) is 21.8 Å². The molecule has 0 aliphatic heterocycles. The summed E-state index contributed by atoms with van der Waals surface area (Å²) in [6, 6.07) is 0. The van der Waals surface area contributed by atoms with Gasteiger partial charge in [0, 0.05) is 17.7 Å². The van der Waals surface area contributed by atoms with Gasteiger partial charge in [-0.25, -0.2) is 4.79 Å². The third-order valence-corrected chi connectivity index (χ3v) is 3.53. The number of hydrogen-bond donors (Lipinski definition) is 2. The van der Waals surface area contributed by atoms with E-state index in [2.05, 4.69) is 11.9 Å². The lowest BCUT2D eigenvalue weighted by molar-refractivity contribution is 0.0689. The van der Waals surface area contributed by atoms with Crippen molar-refractivity contribution in [1.82, 2.24) is 4.98 Å². The van der Waals surface area contributed by atoms with Gasteiger partial charge in [0.15, 0.2) is 5.78 Å². The molecule has 98 valence electrons. The van der Waals surface area contributed by atoms with E-state index in [4.69, 9.17) is 0 Å². The Bertz CT molecular complexity index is 474. The number of carbonyl (C=O) groups excluding carboxylic acids is 1. The van der Waals surface area contributed by atoms with Crippen molar-refractivity contribution in [1.29, 1.82) is 0 Å². The van der Waals surface area contributed by atoms with Gasteiger partial charge in [-0.1, -0.05) is 13.3 Å². The molecule has 0 aromatic carbocycles. The Labute approximate surface area is 106 Å². The lowest BCUT2D eigenvalue weighted by atomic mass is 10.0. The maximum absolute atomic E-state index is 12.1. The summed E-state index contributed by atoms with van der Waals surface area (Å²) in [6.45, 7) is 2.08. The quantitative estimate of drug-likeness (QED) is 0.806. The summed E-state index contributed by atoms with van der Waals surface area (Å²) in [5, 5.41) is 9.22. The third kappa shape index (κ3) is 2.33. The van der Waals surface area contributed by atoms with Gasteiger partial charge in [0.2, 0.25) is 0 Å². The number of aromatic nitrogens is 1. The van der Waals surface area contributed by atoms with E-state index in [9.17, 15) is 14.7 Å². The second kappa shape index (κ2) is 5.38. The van der Waals surface area contributed by atoms with E-state index in [1.54, 1.807) is 0 Å². The van der Waals surface area contributed by atoms with Gasteiger partial charge in [-0.2, -0.15) is 0 Å².